The summed E-state index contributed by atoms with van der Waals surface area (Å²) in [6, 6.07) is -0.568. The van der Waals surface area contributed by atoms with Crippen LogP contribution in [-0.2, 0) is 9.47 Å². The van der Waals surface area contributed by atoms with Crippen LogP contribution in [0.25, 0.3) is 0 Å². The second-order valence-corrected chi connectivity index (χ2v) is 3.98. The topological polar surface area (TPSA) is 79.3 Å². The first-order chi connectivity index (χ1) is 7.95. The van der Waals surface area contributed by atoms with Crippen LogP contribution in [0, 0.1) is 0 Å². The van der Waals surface area contributed by atoms with Gasteiger partial charge in [-0.3, -0.25) is 5.21 Å². The Labute approximate surface area is 99.8 Å². The van der Waals surface area contributed by atoms with Crippen molar-refractivity contribution < 1.29 is 24.3 Å². The maximum atomic E-state index is 11.5. The highest BCUT2D eigenvalue weighted by molar-refractivity contribution is 5.74. The maximum absolute atomic E-state index is 11.5. The van der Waals surface area contributed by atoms with E-state index in [1.807, 2.05) is 0 Å². The normalized spacial score (nSPS) is 20.8. The highest BCUT2D eigenvalue weighted by Gasteiger charge is 2.34. The zero-order valence-electron chi connectivity index (χ0n) is 10.3. The molecule has 0 aromatic carbocycles. The van der Waals surface area contributed by atoms with E-state index >= 15 is 0 Å². The predicted molar refractivity (Wildman–Crippen MR) is 57.4 cm³/mol. The van der Waals surface area contributed by atoms with Gasteiger partial charge in [0.05, 0.1) is 6.10 Å². The number of hydroxylamine groups is 2. The molecule has 2 amide bonds. The fraction of sp³-hybridized carbons (Fsp3) is 0.800. The molecule has 1 aliphatic rings. The summed E-state index contributed by atoms with van der Waals surface area (Å²) in [6.45, 7) is 6.11. The van der Waals surface area contributed by atoms with E-state index < -0.39 is 18.4 Å². The number of amides is 2. The minimum Gasteiger partial charge on any atom is -0.432 e. The van der Waals surface area contributed by atoms with E-state index in [-0.39, 0.29) is 6.10 Å². The Morgan fingerprint density at radius 3 is 2.76 bits per heavy atom. The molecule has 1 unspecified atom stereocenters. The molecule has 1 atom stereocenters. The van der Waals surface area contributed by atoms with Gasteiger partial charge in [-0.1, -0.05) is 0 Å². The lowest BCUT2D eigenvalue weighted by atomic mass is 10.3. The minimum absolute atomic E-state index is 0.305. The second kappa shape index (κ2) is 5.72. The van der Waals surface area contributed by atoms with Gasteiger partial charge in [0.2, 0.25) is 6.23 Å². The van der Waals surface area contributed by atoms with Crippen LogP contribution in [0.1, 0.15) is 27.2 Å². The van der Waals surface area contributed by atoms with E-state index in [1.54, 1.807) is 20.8 Å². The van der Waals surface area contributed by atoms with Gasteiger partial charge in [-0.05, 0) is 20.8 Å². The van der Waals surface area contributed by atoms with E-state index in [2.05, 4.69) is 0 Å². The van der Waals surface area contributed by atoms with Gasteiger partial charge < -0.3 is 14.4 Å². The van der Waals surface area contributed by atoms with Crippen LogP contribution in [0.3, 0.4) is 0 Å². The summed E-state index contributed by atoms with van der Waals surface area (Å²) in [5.74, 6) is 0. The Kier molecular flexibility index (Phi) is 4.56. The number of carbonyl (C=O) groups is 2. The quantitative estimate of drug-likeness (QED) is 0.601. The summed E-state index contributed by atoms with van der Waals surface area (Å²) < 4.78 is 9.61. The SMILES string of the molecule is CCN1CCC(OC(=O)OC(C)C)N(O)C1=O. The molecule has 0 aliphatic carbocycles. The number of nitrogens with zero attached hydrogens (tertiary/aromatic N) is 2. The van der Waals surface area contributed by atoms with Crippen LogP contribution in [0.15, 0.2) is 0 Å². The number of rotatable bonds is 3. The fourth-order valence-corrected chi connectivity index (χ4v) is 1.49. The van der Waals surface area contributed by atoms with Gasteiger partial charge in [-0.15, -0.1) is 0 Å². The molecule has 0 aromatic heterocycles. The van der Waals surface area contributed by atoms with Crippen molar-refractivity contribution in [2.45, 2.75) is 39.5 Å². The Morgan fingerprint density at radius 2 is 2.24 bits per heavy atom. The van der Waals surface area contributed by atoms with Gasteiger partial charge in [0.1, 0.15) is 0 Å². The first-order valence-electron chi connectivity index (χ1n) is 5.60. The van der Waals surface area contributed by atoms with E-state index in [1.165, 1.54) is 4.90 Å². The molecule has 1 N–H and O–H groups in total. The summed E-state index contributed by atoms with van der Waals surface area (Å²) in [6.07, 6.45) is -1.82. The molecular weight excluding hydrogens is 228 g/mol. The lowest BCUT2D eigenvalue weighted by molar-refractivity contribution is -0.186. The number of ether oxygens (including phenoxy) is 2. The monoisotopic (exact) mass is 246 g/mol. The summed E-state index contributed by atoms with van der Waals surface area (Å²) in [4.78, 5) is 24.2. The Hall–Kier alpha value is -1.50. The molecule has 98 valence electrons. The molecule has 17 heavy (non-hydrogen) atoms. The van der Waals surface area contributed by atoms with Crippen molar-refractivity contribution in [2.24, 2.45) is 0 Å². The van der Waals surface area contributed by atoms with E-state index in [0.717, 1.165) is 0 Å². The van der Waals surface area contributed by atoms with Crippen LogP contribution < -0.4 is 0 Å². The van der Waals surface area contributed by atoms with Crippen molar-refractivity contribution in [3.8, 4) is 0 Å². The number of urea groups is 1. The van der Waals surface area contributed by atoms with E-state index in [9.17, 15) is 14.8 Å². The molecule has 7 nitrogen and oxygen atoms in total. The van der Waals surface area contributed by atoms with Crippen molar-refractivity contribution in [1.29, 1.82) is 0 Å². The van der Waals surface area contributed by atoms with Gasteiger partial charge in [0.15, 0.2) is 0 Å². The third-order valence-electron chi connectivity index (χ3n) is 2.33. The first-order valence-corrected chi connectivity index (χ1v) is 5.60. The molecule has 0 radical (unpaired) electrons. The Balaban J connectivity index is 2.51. The lowest BCUT2D eigenvalue weighted by Gasteiger charge is -2.35. The minimum atomic E-state index is -0.975. The number of hydrogen-bond donors (Lipinski definition) is 1. The average Bonchev–Trinajstić information content (AvgIpc) is 2.24. The standard InChI is InChI=1S/C10H18N2O5/c1-4-11-6-5-8(12(15)9(11)13)17-10(14)16-7(2)3/h7-8,15H,4-6H2,1-3H3. The Morgan fingerprint density at radius 1 is 1.59 bits per heavy atom. The van der Waals surface area contributed by atoms with E-state index in [4.69, 9.17) is 9.47 Å². The lowest BCUT2D eigenvalue weighted by Crippen LogP contribution is -2.54. The largest absolute Gasteiger partial charge is 0.510 e. The van der Waals surface area contributed by atoms with Crippen LogP contribution in [-0.4, -0.2) is 52.8 Å². The molecule has 0 saturated carbocycles. The van der Waals surface area contributed by atoms with E-state index in [0.29, 0.717) is 24.6 Å². The number of hydrogen-bond acceptors (Lipinski definition) is 5. The molecule has 1 aliphatic heterocycles. The van der Waals surface area contributed by atoms with Gasteiger partial charge in [0.25, 0.3) is 0 Å². The fourth-order valence-electron chi connectivity index (χ4n) is 1.49. The smallest absolute Gasteiger partial charge is 0.432 e. The molecule has 0 aromatic rings. The molecule has 1 heterocycles. The van der Waals surface area contributed by atoms with Crippen LogP contribution in [0.2, 0.25) is 0 Å². The Bertz CT molecular complexity index is 294. The van der Waals surface area contributed by atoms with Crippen LogP contribution in [0.4, 0.5) is 9.59 Å². The molecular formula is C10H18N2O5. The zero-order valence-corrected chi connectivity index (χ0v) is 10.3. The molecule has 7 heteroatoms. The molecule has 1 rings (SSSR count). The molecule has 0 bridgehead atoms. The van der Waals surface area contributed by atoms with Gasteiger partial charge in [-0.2, -0.15) is 5.06 Å². The molecule has 0 spiro atoms. The van der Waals surface area contributed by atoms with Crippen molar-refractivity contribution in [2.75, 3.05) is 13.1 Å². The highest BCUT2D eigenvalue weighted by atomic mass is 16.8. The van der Waals surface area contributed by atoms with Crippen LogP contribution >= 0.6 is 0 Å². The predicted octanol–water partition coefficient (Wildman–Crippen LogP) is 1.41. The summed E-state index contributed by atoms with van der Waals surface area (Å²) >= 11 is 0. The van der Waals surface area contributed by atoms with Crippen molar-refractivity contribution in [3.63, 3.8) is 0 Å². The molecule has 1 saturated heterocycles. The second-order valence-electron chi connectivity index (χ2n) is 3.98. The highest BCUT2D eigenvalue weighted by Crippen LogP contribution is 2.15. The molecule has 1 fully saturated rings. The summed E-state index contributed by atoms with van der Waals surface area (Å²) in [7, 11) is 0. The maximum Gasteiger partial charge on any atom is 0.510 e. The third kappa shape index (κ3) is 3.48. The van der Waals surface area contributed by atoms with Crippen molar-refractivity contribution >= 4 is 12.2 Å². The van der Waals surface area contributed by atoms with Gasteiger partial charge in [0, 0.05) is 19.5 Å². The zero-order chi connectivity index (χ0) is 13.0. The first kappa shape index (κ1) is 13.6. The van der Waals surface area contributed by atoms with Crippen molar-refractivity contribution in [1.82, 2.24) is 9.96 Å². The average molecular weight is 246 g/mol. The number of carbonyl (C=O) groups excluding carboxylic acids is 2. The summed E-state index contributed by atoms with van der Waals surface area (Å²) in [5, 5.41) is 9.96. The third-order valence-corrected chi connectivity index (χ3v) is 2.33. The van der Waals surface area contributed by atoms with Crippen LogP contribution in [0.5, 0.6) is 0 Å². The van der Waals surface area contributed by atoms with Gasteiger partial charge >= 0.3 is 12.2 Å². The van der Waals surface area contributed by atoms with Gasteiger partial charge in [-0.25, -0.2) is 9.59 Å². The summed E-state index contributed by atoms with van der Waals surface area (Å²) in [5.41, 5.74) is 0. The van der Waals surface area contributed by atoms with Crippen molar-refractivity contribution in [3.05, 3.63) is 0 Å².